The van der Waals surface area contributed by atoms with Gasteiger partial charge in [0, 0.05) is 6.20 Å². The van der Waals surface area contributed by atoms with Crippen LogP contribution in [0.5, 0.6) is 0 Å². The molecule has 1 aliphatic heterocycles. The van der Waals surface area contributed by atoms with Gasteiger partial charge in [-0.05, 0) is 22.8 Å². The van der Waals surface area contributed by atoms with Crippen molar-refractivity contribution < 1.29 is 9.57 Å². The fraction of sp³-hybridized carbons (Fsp3) is 0.130. The molecule has 0 atom stereocenters. The van der Waals surface area contributed by atoms with E-state index in [0.29, 0.717) is 13.3 Å². The average molecular weight is 343 g/mol. The van der Waals surface area contributed by atoms with Crippen molar-refractivity contribution in [2.75, 3.05) is 13.3 Å². The first-order chi connectivity index (χ1) is 12.9. The van der Waals surface area contributed by atoms with Crippen LogP contribution in [0.1, 0.15) is 16.7 Å². The summed E-state index contributed by atoms with van der Waals surface area (Å²) in [4.78, 5) is 6.66. The second-order valence-electron chi connectivity index (χ2n) is 6.17. The lowest BCUT2D eigenvalue weighted by Gasteiger charge is -2.39. The van der Waals surface area contributed by atoms with Crippen LogP contribution in [0.25, 0.3) is 0 Å². The number of benzene rings is 3. The maximum atomic E-state index is 6.66. The van der Waals surface area contributed by atoms with Crippen molar-refractivity contribution in [1.29, 1.82) is 0 Å². The van der Waals surface area contributed by atoms with Crippen LogP contribution in [0.2, 0.25) is 0 Å². The monoisotopic (exact) mass is 343 g/mol. The van der Waals surface area contributed by atoms with Gasteiger partial charge < -0.3 is 4.74 Å². The van der Waals surface area contributed by atoms with Crippen molar-refractivity contribution in [2.24, 2.45) is 0 Å². The summed E-state index contributed by atoms with van der Waals surface area (Å²) < 4.78 is 5.55. The topological polar surface area (TPSA) is 21.7 Å². The average Bonchev–Trinajstić information content (AvgIpc) is 2.75. The second-order valence-corrected chi connectivity index (χ2v) is 6.17. The van der Waals surface area contributed by atoms with Gasteiger partial charge in [0.25, 0.3) is 0 Å². The van der Waals surface area contributed by atoms with E-state index in [1.54, 1.807) is 5.06 Å². The van der Waals surface area contributed by atoms with Gasteiger partial charge in [-0.25, -0.2) is 5.06 Å². The number of rotatable bonds is 5. The molecule has 0 fully saturated rings. The molecule has 3 heteroatoms. The van der Waals surface area contributed by atoms with Crippen LogP contribution >= 0.6 is 0 Å². The summed E-state index contributed by atoms with van der Waals surface area (Å²) in [7, 11) is 0. The quantitative estimate of drug-likeness (QED) is 0.626. The molecule has 0 bridgehead atoms. The van der Waals surface area contributed by atoms with Crippen LogP contribution < -0.4 is 0 Å². The first kappa shape index (κ1) is 16.6. The number of ether oxygens (including phenoxy) is 1. The molecule has 0 saturated carbocycles. The van der Waals surface area contributed by atoms with Gasteiger partial charge in [0.1, 0.15) is 6.73 Å². The Morgan fingerprint density at radius 3 is 1.54 bits per heavy atom. The SMILES string of the molecule is C1=CN(OC(c2ccccc2)(c2ccccc2)c2ccccc2)COC1. The second kappa shape index (κ2) is 7.56. The van der Waals surface area contributed by atoms with Gasteiger partial charge in [0.05, 0.1) is 6.61 Å². The standard InChI is InChI=1S/C23H21NO2/c1-4-11-20(12-5-1)23(21-13-6-2-7-14-21,22-15-8-3-9-16-22)26-24-17-10-18-25-19-24/h1-17H,18-19H2. The summed E-state index contributed by atoms with van der Waals surface area (Å²) >= 11 is 0. The highest BCUT2D eigenvalue weighted by molar-refractivity contribution is 5.47. The maximum absolute atomic E-state index is 6.66. The fourth-order valence-electron chi connectivity index (χ4n) is 3.32. The van der Waals surface area contributed by atoms with Crippen molar-refractivity contribution in [1.82, 2.24) is 5.06 Å². The zero-order valence-electron chi connectivity index (χ0n) is 14.5. The van der Waals surface area contributed by atoms with E-state index in [-0.39, 0.29) is 0 Å². The molecule has 0 N–H and O–H groups in total. The third-order valence-electron chi connectivity index (χ3n) is 4.50. The molecule has 4 rings (SSSR count). The molecule has 3 nitrogen and oxygen atoms in total. The third kappa shape index (κ3) is 3.15. The van der Waals surface area contributed by atoms with E-state index < -0.39 is 5.60 Å². The lowest BCUT2D eigenvalue weighted by atomic mass is 9.80. The highest BCUT2D eigenvalue weighted by Gasteiger charge is 2.40. The van der Waals surface area contributed by atoms with Crippen LogP contribution in [-0.4, -0.2) is 18.4 Å². The summed E-state index contributed by atoms with van der Waals surface area (Å²) in [5, 5.41) is 1.76. The molecule has 0 unspecified atom stereocenters. The van der Waals surface area contributed by atoms with Gasteiger partial charge in [-0.2, -0.15) is 0 Å². The molecule has 3 aromatic carbocycles. The zero-order valence-corrected chi connectivity index (χ0v) is 14.5. The van der Waals surface area contributed by atoms with Gasteiger partial charge in [0.2, 0.25) is 0 Å². The van der Waals surface area contributed by atoms with E-state index in [4.69, 9.17) is 9.57 Å². The molecule has 0 radical (unpaired) electrons. The minimum atomic E-state index is -0.769. The molecular weight excluding hydrogens is 322 g/mol. The van der Waals surface area contributed by atoms with Gasteiger partial charge >= 0.3 is 0 Å². The van der Waals surface area contributed by atoms with E-state index in [1.807, 2.05) is 66.9 Å². The predicted molar refractivity (Wildman–Crippen MR) is 102 cm³/mol. The van der Waals surface area contributed by atoms with Crippen molar-refractivity contribution >= 4 is 0 Å². The molecule has 0 saturated heterocycles. The lowest BCUT2D eigenvalue weighted by molar-refractivity contribution is -0.233. The molecule has 3 aromatic rings. The highest BCUT2D eigenvalue weighted by Crippen LogP contribution is 2.41. The van der Waals surface area contributed by atoms with Gasteiger partial charge in [-0.1, -0.05) is 91.0 Å². The van der Waals surface area contributed by atoms with E-state index in [2.05, 4.69) is 36.4 Å². The molecule has 1 heterocycles. The number of hydrogen-bond donors (Lipinski definition) is 0. The van der Waals surface area contributed by atoms with E-state index in [0.717, 1.165) is 16.7 Å². The minimum Gasteiger partial charge on any atom is -0.355 e. The van der Waals surface area contributed by atoms with Crippen LogP contribution in [0, 0.1) is 0 Å². The molecule has 130 valence electrons. The largest absolute Gasteiger partial charge is 0.355 e. The van der Waals surface area contributed by atoms with Crippen molar-refractivity contribution in [3.8, 4) is 0 Å². The first-order valence-electron chi connectivity index (χ1n) is 8.76. The highest BCUT2D eigenvalue weighted by atomic mass is 16.7. The van der Waals surface area contributed by atoms with Gasteiger partial charge in [-0.15, -0.1) is 0 Å². The Labute approximate surface area is 154 Å². The normalized spacial score (nSPS) is 14.4. The summed E-state index contributed by atoms with van der Waals surface area (Å²) in [6.07, 6.45) is 3.89. The van der Waals surface area contributed by atoms with Crippen LogP contribution in [-0.2, 0) is 15.2 Å². The molecular formula is C23H21NO2. The Balaban J connectivity index is 1.93. The lowest BCUT2D eigenvalue weighted by Crippen LogP contribution is -2.40. The Hall–Kier alpha value is -2.88. The summed E-state index contributed by atoms with van der Waals surface area (Å²) in [5.74, 6) is 0. The smallest absolute Gasteiger partial charge is 0.171 e. The summed E-state index contributed by atoms with van der Waals surface area (Å²) in [6, 6.07) is 31.0. The number of hydrogen-bond acceptors (Lipinski definition) is 3. The van der Waals surface area contributed by atoms with Crippen molar-refractivity contribution in [2.45, 2.75) is 5.60 Å². The van der Waals surface area contributed by atoms with Crippen LogP contribution in [0.15, 0.2) is 103 Å². The Morgan fingerprint density at radius 1 is 0.692 bits per heavy atom. The first-order valence-corrected chi connectivity index (χ1v) is 8.76. The molecule has 0 aliphatic carbocycles. The minimum absolute atomic E-state index is 0.394. The molecule has 0 spiro atoms. The Kier molecular flexibility index (Phi) is 4.82. The Morgan fingerprint density at radius 2 is 1.15 bits per heavy atom. The predicted octanol–water partition coefficient (Wildman–Crippen LogP) is 4.71. The molecule has 0 aromatic heterocycles. The third-order valence-corrected chi connectivity index (χ3v) is 4.50. The van der Waals surface area contributed by atoms with E-state index >= 15 is 0 Å². The van der Waals surface area contributed by atoms with E-state index in [1.165, 1.54) is 0 Å². The number of nitrogens with zero attached hydrogens (tertiary/aromatic N) is 1. The maximum Gasteiger partial charge on any atom is 0.171 e. The number of hydroxylamine groups is 2. The van der Waals surface area contributed by atoms with Gasteiger partial charge in [-0.3, -0.25) is 4.84 Å². The fourth-order valence-corrected chi connectivity index (χ4v) is 3.32. The van der Waals surface area contributed by atoms with Crippen LogP contribution in [0.3, 0.4) is 0 Å². The molecule has 26 heavy (non-hydrogen) atoms. The molecule has 0 amide bonds. The summed E-state index contributed by atoms with van der Waals surface area (Å²) in [5.41, 5.74) is 2.43. The zero-order chi connectivity index (χ0) is 17.7. The van der Waals surface area contributed by atoms with Crippen LogP contribution in [0.4, 0.5) is 0 Å². The summed E-state index contributed by atoms with van der Waals surface area (Å²) in [6.45, 7) is 1.000. The van der Waals surface area contributed by atoms with Crippen molar-refractivity contribution in [3.63, 3.8) is 0 Å². The Bertz CT molecular complexity index is 750. The van der Waals surface area contributed by atoms with Gasteiger partial charge in [0.15, 0.2) is 5.60 Å². The molecule has 1 aliphatic rings. The van der Waals surface area contributed by atoms with Crippen molar-refractivity contribution in [3.05, 3.63) is 120 Å². The van der Waals surface area contributed by atoms with E-state index in [9.17, 15) is 0 Å².